The lowest BCUT2D eigenvalue weighted by molar-refractivity contribution is 0.357. The van der Waals surface area contributed by atoms with Crippen molar-refractivity contribution in [2.24, 2.45) is 0 Å². The highest BCUT2D eigenvalue weighted by molar-refractivity contribution is 5.67. The van der Waals surface area contributed by atoms with E-state index in [9.17, 15) is 5.11 Å². The molecule has 0 aliphatic carbocycles. The Bertz CT molecular complexity index is 532. The van der Waals surface area contributed by atoms with Crippen molar-refractivity contribution in [1.29, 1.82) is 0 Å². The van der Waals surface area contributed by atoms with Gasteiger partial charge < -0.3 is 9.84 Å². The van der Waals surface area contributed by atoms with Gasteiger partial charge in [-0.2, -0.15) is 0 Å². The first-order chi connectivity index (χ1) is 7.83. The van der Waals surface area contributed by atoms with E-state index in [1.54, 1.807) is 12.1 Å². The van der Waals surface area contributed by atoms with Crippen LogP contribution in [-0.4, -0.2) is 11.7 Å². The van der Waals surface area contributed by atoms with Crippen LogP contribution < -0.4 is 4.74 Å². The topological polar surface area (TPSA) is 29.5 Å². The standard InChI is InChI=1S/C14H12O2/c15-13-3-1-2-10(9-13)11-4-5-14-12(8-11)6-7-16-14/h1-5,8-9,15H,6-7H2. The van der Waals surface area contributed by atoms with E-state index in [-0.39, 0.29) is 0 Å². The molecular weight excluding hydrogens is 200 g/mol. The molecule has 2 heteroatoms. The largest absolute Gasteiger partial charge is 0.508 e. The first kappa shape index (κ1) is 9.28. The van der Waals surface area contributed by atoms with Crippen molar-refractivity contribution in [3.05, 3.63) is 48.0 Å². The quantitative estimate of drug-likeness (QED) is 0.787. The molecule has 2 nitrogen and oxygen atoms in total. The number of phenolic OH excluding ortho intramolecular Hbond substituents is 1. The monoisotopic (exact) mass is 212 g/mol. The van der Waals surface area contributed by atoms with Crippen LogP contribution in [-0.2, 0) is 6.42 Å². The normalized spacial score (nSPS) is 13.2. The maximum atomic E-state index is 9.44. The van der Waals surface area contributed by atoms with E-state index in [1.165, 1.54) is 5.56 Å². The highest BCUT2D eigenvalue weighted by Crippen LogP contribution is 2.31. The van der Waals surface area contributed by atoms with Crippen LogP contribution in [0.3, 0.4) is 0 Å². The lowest BCUT2D eigenvalue weighted by Gasteiger charge is -2.04. The second-order valence-electron chi connectivity index (χ2n) is 3.97. The molecule has 2 aromatic rings. The summed E-state index contributed by atoms with van der Waals surface area (Å²) in [7, 11) is 0. The number of fused-ring (bicyclic) bond motifs is 1. The average molecular weight is 212 g/mol. The minimum Gasteiger partial charge on any atom is -0.508 e. The zero-order valence-electron chi connectivity index (χ0n) is 8.81. The molecule has 0 amide bonds. The highest BCUT2D eigenvalue weighted by Gasteiger charge is 2.12. The van der Waals surface area contributed by atoms with Crippen LogP contribution in [0.25, 0.3) is 11.1 Å². The van der Waals surface area contributed by atoms with E-state index < -0.39 is 0 Å². The van der Waals surface area contributed by atoms with Gasteiger partial charge in [0.1, 0.15) is 11.5 Å². The zero-order valence-corrected chi connectivity index (χ0v) is 8.81. The minimum absolute atomic E-state index is 0.300. The maximum Gasteiger partial charge on any atom is 0.122 e. The van der Waals surface area contributed by atoms with Crippen LogP contribution in [0.5, 0.6) is 11.5 Å². The first-order valence-corrected chi connectivity index (χ1v) is 5.38. The summed E-state index contributed by atoms with van der Waals surface area (Å²) in [5.41, 5.74) is 3.41. The van der Waals surface area contributed by atoms with Crippen LogP contribution >= 0.6 is 0 Å². The van der Waals surface area contributed by atoms with E-state index in [0.29, 0.717) is 5.75 Å². The fraction of sp³-hybridized carbons (Fsp3) is 0.143. The van der Waals surface area contributed by atoms with Gasteiger partial charge in [-0.1, -0.05) is 18.2 Å². The fourth-order valence-electron chi connectivity index (χ4n) is 2.05. The van der Waals surface area contributed by atoms with E-state index in [0.717, 1.165) is 29.9 Å². The minimum atomic E-state index is 0.300. The predicted molar refractivity (Wildman–Crippen MR) is 62.7 cm³/mol. The van der Waals surface area contributed by atoms with Gasteiger partial charge in [0.05, 0.1) is 6.61 Å². The van der Waals surface area contributed by atoms with Gasteiger partial charge in [0, 0.05) is 6.42 Å². The van der Waals surface area contributed by atoms with Crippen LogP contribution in [0.4, 0.5) is 0 Å². The summed E-state index contributed by atoms with van der Waals surface area (Å²) in [6.07, 6.45) is 0.974. The van der Waals surface area contributed by atoms with Gasteiger partial charge in [-0.25, -0.2) is 0 Å². The molecule has 16 heavy (non-hydrogen) atoms. The summed E-state index contributed by atoms with van der Waals surface area (Å²) in [6.45, 7) is 0.777. The molecule has 0 bridgehead atoms. The number of hydrogen-bond acceptors (Lipinski definition) is 2. The number of benzene rings is 2. The van der Waals surface area contributed by atoms with Crippen LogP contribution in [0.2, 0.25) is 0 Å². The first-order valence-electron chi connectivity index (χ1n) is 5.38. The zero-order chi connectivity index (χ0) is 11.0. The molecule has 1 aliphatic rings. The number of hydrogen-bond donors (Lipinski definition) is 1. The van der Waals surface area contributed by atoms with Crippen molar-refractivity contribution in [1.82, 2.24) is 0 Å². The molecule has 0 fully saturated rings. The molecule has 0 saturated heterocycles. The van der Waals surface area contributed by atoms with Gasteiger partial charge in [0.2, 0.25) is 0 Å². The van der Waals surface area contributed by atoms with Gasteiger partial charge in [-0.15, -0.1) is 0 Å². The second kappa shape index (κ2) is 3.56. The average Bonchev–Trinajstić information content (AvgIpc) is 2.75. The van der Waals surface area contributed by atoms with Crippen molar-refractivity contribution < 1.29 is 9.84 Å². The molecule has 0 radical (unpaired) electrons. The molecule has 0 saturated carbocycles. The number of rotatable bonds is 1. The van der Waals surface area contributed by atoms with Crippen LogP contribution in [0.15, 0.2) is 42.5 Å². The Morgan fingerprint density at radius 1 is 1.00 bits per heavy atom. The summed E-state index contributed by atoms with van der Waals surface area (Å²) in [5.74, 6) is 1.29. The molecule has 1 heterocycles. The molecule has 1 aliphatic heterocycles. The fourth-order valence-corrected chi connectivity index (χ4v) is 2.05. The van der Waals surface area contributed by atoms with Crippen molar-refractivity contribution in [3.63, 3.8) is 0 Å². The molecule has 2 aromatic carbocycles. The Morgan fingerprint density at radius 3 is 2.75 bits per heavy atom. The van der Waals surface area contributed by atoms with E-state index in [4.69, 9.17) is 4.74 Å². The van der Waals surface area contributed by atoms with Gasteiger partial charge in [-0.05, 0) is 41.0 Å². The molecule has 3 rings (SSSR count). The van der Waals surface area contributed by atoms with E-state index >= 15 is 0 Å². The molecule has 80 valence electrons. The Kier molecular flexibility index (Phi) is 2.07. The third-order valence-electron chi connectivity index (χ3n) is 2.87. The number of ether oxygens (including phenoxy) is 1. The smallest absolute Gasteiger partial charge is 0.122 e. The molecule has 0 spiro atoms. The summed E-state index contributed by atoms with van der Waals surface area (Å²) >= 11 is 0. The van der Waals surface area contributed by atoms with E-state index in [2.05, 4.69) is 6.07 Å². The van der Waals surface area contributed by atoms with Gasteiger partial charge in [-0.3, -0.25) is 0 Å². The van der Waals surface area contributed by atoms with Crippen molar-refractivity contribution in [2.45, 2.75) is 6.42 Å². The maximum absolute atomic E-state index is 9.44. The van der Waals surface area contributed by atoms with Crippen LogP contribution in [0, 0.1) is 0 Å². The van der Waals surface area contributed by atoms with Crippen molar-refractivity contribution >= 4 is 0 Å². The van der Waals surface area contributed by atoms with Crippen LogP contribution in [0.1, 0.15) is 5.56 Å². The Morgan fingerprint density at radius 2 is 1.88 bits per heavy atom. The van der Waals surface area contributed by atoms with Gasteiger partial charge >= 0.3 is 0 Å². The summed E-state index contributed by atoms with van der Waals surface area (Å²) < 4.78 is 5.46. The molecule has 0 aromatic heterocycles. The summed E-state index contributed by atoms with van der Waals surface area (Å²) in [6, 6.07) is 13.5. The molecule has 1 N–H and O–H groups in total. The SMILES string of the molecule is Oc1cccc(-c2ccc3c(c2)CCO3)c1. The molecule has 0 atom stereocenters. The third-order valence-corrected chi connectivity index (χ3v) is 2.87. The summed E-state index contributed by atoms with van der Waals surface area (Å²) in [4.78, 5) is 0. The number of aromatic hydroxyl groups is 1. The van der Waals surface area contributed by atoms with Crippen molar-refractivity contribution in [3.8, 4) is 22.6 Å². The Hall–Kier alpha value is -1.96. The molecular formula is C14H12O2. The second-order valence-corrected chi connectivity index (χ2v) is 3.97. The van der Waals surface area contributed by atoms with Gasteiger partial charge in [0.15, 0.2) is 0 Å². The number of phenols is 1. The van der Waals surface area contributed by atoms with Crippen molar-refractivity contribution in [2.75, 3.05) is 6.61 Å². The highest BCUT2D eigenvalue weighted by atomic mass is 16.5. The Labute approximate surface area is 94.1 Å². The summed E-state index contributed by atoms with van der Waals surface area (Å²) in [5, 5.41) is 9.44. The Balaban J connectivity index is 2.07. The molecule has 0 unspecified atom stereocenters. The third kappa shape index (κ3) is 1.52. The lowest BCUT2D eigenvalue weighted by atomic mass is 10.0. The lowest BCUT2D eigenvalue weighted by Crippen LogP contribution is -1.85. The predicted octanol–water partition coefficient (Wildman–Crippen LogP) is 2.99. The van der Waals surface area contributed by atoms with Gasteiger partial charge in [0.25, 0.3) is 0 Å². The van der Waals surface area contributed by atoms with E-state index in [1.807, 2.05) is 24.3 Å².